The van der Waals surface area contributed by atoms with Gasteiger partial charge in [-0.2, -0.15) is 0 Å². The summed E-state index contributed by atoms with van der Waals surface area (Å²) in [7, 11) is 6.77. The Morgan fingerprint density at radius 1 is 0.458 bits per heavy atom. The maximum absolute atomic E-state index is 13.3. The molecule has 0 fully saturated rings. The molecule has 0 aromatic rings. The van der Waals surface area contributed by atoms with Crippen molar-refractivity contribution in [2.24, 2.45) is 0 Å². The molecular formula is C42H85NO5. The van der Waals surface area contributed by atoms with Gasteiger partial charge < -0.3 is 24.3 Å². The molecule has 0 aliphatic heterocycles. The molecule has 1 N–H and O–H groups in total. The summed E-state index contributed by atoms with van der Waals surface area (Å²) in [6.07, 6.45) is 38.2. The van der Waals surface area contributed by atoms with Crippen molar-refractivity contribution >= 4 is 5.91 Å². The van der Waals surface area contributed by atoms with E-state index in [1.54, 1.807) is 28.4 Å². The second kappa shape index (κ2) is 37.6. The zero-order chi connectivity index (χ0) is 35.3. The highest BCUT2D eigenvalue weighted by molar-refractivity contribution is 5.81. The predicted molar refractivity (Wildman–Crippen MR) is 206 cm³/mol. The van der Waals surface area contributed by atoms with E-state index < -0.39 is 6.10 Å². The molecule has 0 saturated carbocycles. The second-order valence-electron chi connectivity index (χ2n) is 14.5. The molecule has 0 aromatic carbocycles. The quantitative estimate of drug-likeness (QED) is 0.0653. The molecule has 288 valence electrons. The number of rotatable bonds is 39. The molecule has 0 heterocycles. The summed E-state index contributed by atoms with van der Waals surface area (Å²) in [6, 6.07) is -0.293. The van der Waals surface area contributed by atoms with E-state index >= 15 is 0 Å². The Morgan fingerprint density at radius 3 is 1.12 bits per heavy atom. The van der Waals surface area contributed by atoms with Crippen LogP contribution >= 0.6 is 0 Å². The SMILES string of the molecule is CCCCCCCCCCCCCCCCC[C@@H](OC)C(=O)N[C@@H](COC)[C@H](OC)[C@@H](CCCCCCCCCCCCCCC)OC. The van der Waals surface area contributed by atoms with Crippen LogP contribution < -0.4 is 5.32 Å². The molecule has 48 heavy (non-hydrogen) atoms. The van der Waals surface area contributed by atoms with Gasteiger partial charge >= 0.3 is 0 Å². The number of unbranched alkanes of at least 4 members (excludes halogenated alkanes) is 26. The molecule has 0 saturated heterocycles. The van der Waals surface area contributed by atoms with Gasteiger partial charge in [-0.1, -0.05) is 194 Å². The van der Waals surface area contributed by atoms with Crippen molar-refractivity contribution in [1.29, 1.82) is 0 Å². The Bertz CT molecular complexity index is 648. The van der Waals surface area contributed by atoms with E-state index in [2.05, 4.69) is 19.2 Å². The molecule has 6 nitrogen and oxygen atoms in total. The van der Waals surface area contributed by atoms with Gasteiger partial charge in [-0.3, -0.25) is 4.79 Å². The van der Waals surface area contributed by atoms with Crippen molar-refractivity contribution in [3.05, 3.63) is 0 Å². The predicted octanol–water partition coefficient (Wildman–Crippen LogP) is 11.9. The monoisotopic (exact) mass is 684 g/mol. The normalized spacial score (nSPS) is 14.2. The fourth-order valence-electron chi connectivity index (χ4n) is 7.09. The summed E-state index contributed by atoms with van der Waals surface area (Å²) in [4.78, 5) is 13.3. The standard InChI is InChI=1S/C42H85NO5/c1-7-9-11-13-15-17-19-21-22-24-26-28-30-32-34-36-40(47-5)42(44)43-38(37-45-3)41(48-6)39(46-4)35-33-31-29-27-25-23-20-18-16-14-12-10-8-2/h38-41H,7-37H2,1-6H3,(H,43,44)/t38-,39+,40+,41-/m0/s1. The summed E-state index contributed by atoms with van der Waals surface area (Å²) in [6.45, 7) is 4.94. The number of carbonyl (C=O) groups is 1. The first-order chi connectivity index (χ1) is 23.6. The summed E-state index contributed by atoms with van der Waals surface area (Å²) in [5.41, 5.74) is 0. The first-order valence-corrected chi connectivity index (χ1v) is 21.0. The van der Waals surface area contributed by atoms with Gasteiger partial charge in [-0.15, -0.1) is 0 Å². The lowest BCUT2D eigenvalue weighted by atomic mass is 9.98. The molecule has 1 amide bonds. The van der Waals surface area contributed by atoms with Crippen molar-refractivity contribution in [3.8, 4) is 0 Å². The van der Waals surface area contributed by atoms with Gasteiger partial charge in [0.25, 0.3) is 0 Å². The van der Waals surface area contributed by atoms with E-state index in [9.17, 15) is 4.79 Å². The van der Waals surface area contributed by atoms with Crippen LogP contribution in [0.4, 0.5) is 0 Å². The molecule has 0 aliphatic carbocycles. The van der Waals surface area contributed by atoms with Crippen LogP contribution in [0, 0.1) is 0 Å². The second-order valence-corrected chi connectivity index (χ2v) is 14.5. The van der Waals surface area contributed by atoms with Crippen LogP contribution in [-0.4, -0.2) is 65.3 Å². The fraction of sp³-hybridized carbons (Fsp3) is 0.976. The molecule has 0 unspecified atom stereocenters. The smallest absolute Gasteiger partial charge is 0.249 e. The Morgan fingerprint density at radius 2 is 0.812 bits per heavy atom. The van der Waals surface area contributed by atoms with Crippen molar-refractivity contribution < 1.29 is 23.7 Å². The van der Waals surface area contributed by atoms with E-state index in [0.717, 1.165) is 32.1 Å². The highest BCUT2D eigenvalue weighted by Crippen LogP contribution is 2.19. The molecule has 0 aliphatic rings. The zero-order valence-corrected chi connectivity index (χ0v) is 33.3. The molecular weight excluding hydrogens is 598 g/mol. The lowest BCUT2D eigenvalue weighted by Gasteiger charge is -2.33. The zero-order valence-electron chi connectivity index (χ0n) is 33.3. The molecule has 4 atom stereocenters. The van der Waals surface area contributed by atoms with Gasteiger partial charge in [0.15, 0.2) is 0 Å². The fourth-order valence-corrected chi connectivity index (χ4v) is 7.09. The molecule has 0 bridgehead atoms. The van der Waals surface area contributed by atoms with E-state index in [1.165, 1.54) is 161 Å². The summed E-state index contributed by atoms with van der Waals surface area (Å²) < 4.78 is 23.0. The first kappa shape index (κ1) is 47.3. The van der Waals surface area contributed by atoms with Crippen LogP contribution in [0.25, 0.3) is 0 Å². The number of carbonyl (C=O) groups excluding carboxylic acids is 1. The van der Waals surface area contributed by atoms with Crippen LogP contribution in [0.1, 0.15) is 206 Å². The lowest BCUT2D eigenvalue weighted by molar-refractivity contribution is -0.136. The number of nitrogens with one attached hydrogen (secondary N) is 1. The van der Waals surface area contributed by atoms with Crippen molar-refractivity contribution in [3.63, 3.8) is 0 Å². The van der Waals surface area contributed by atoms with Crippen LogP contribution in [0.2, 0.25) is 0 Å². The third kappa shape index (κ3) is 28.1. The Labute approximate surface area is 300 Å². The van der Waals surface area contributed by atoms with Gasteiger partial charge in [0, 0.05) is 28.4 Å². The molecule has 0 aromatic heterocycles. The van der Waals surface area contributed by atoms with Crippen molar-refractivity contribution in [2.75, 3.05) is 35.0 Å². The van der Waals surface area contributed by atoms with E-state index in [4.69, 9.17) is 18.9 Å². The highest BCUT2D eigenvalue weighted by Gasteiger charge is 2.32. The summed E-state index contributed by atoms with van der Waals surface area (Å²) in [5.74, 6) is -0.0808. The van der Waals surface area contributed by atoms with Crippen molar-refractivity contribution in [2.45, 2.75) is 231 Å². The van der Waals surface area contributed by atoms with E-state index in [1.807, 2.05) is 0 Å². The lowest BCUT2D eigenvalue weighted by Crippen LogP contribution is -2.54. The summed E-state index contributed by atoms with van der Waals surface area (Å²) in [5, 5.41) is 3.19. The van der Waals surface area contributed by atoms with Crippen LogP contribution in [0.5, 0.6) is 0 Å². The van der Waals surface area contributed by atoms with Gasteiger partial charge in [-0.25, -0.2) is 0 Å². The first-order valence-electron chi connectivity index (χ1n) is 21.0. The third-order valence-electron chi connectivity index (χ3n) is 10.3. The van der Waals surface area contributed by atoms with E-state index in [-0.39, 0.29) is 24.2 Å². The van der Waals surface area contributed by atoms with Crippen LogP contribution in [0.3, 0.4) is 0 Å². The highest BCUT2D eigenvalue weighted by atomic mass is 16.5. The molecule has 0 rings (SSSR count). The number of hydrogen-bond acceptors (Lipinski definition) is 5. The van der Waals surface area contributed by atoms with Crippen LogP contribution in [-0.2, 0) is 23.7 Å². The maximum atomic E-state index is 13.3. The Kier molecular flexibility index (Phi) is 37.0. The Hall–Kier alpha value is -0.690. The van der Waals surface area contributed by atoms with Crippen LogP contribution in [0.15, 0.2) is 0 Å². The number of methoxy groups -OCH3 is 4. The van der Waals surface area contributed by atoms with Gasteiger partial charge in [0.2, 0.25) is 5.91 Å². The average Bonchev–Trinajstić information content (AvgIpc) is 3.09. The van der Waals surface area contributed by atoms with Gasteiger partial charge in [0.1, 0.15) is 12.2 Å². The van der Waals surface area contributed by atoms with Gasteiger partial charge in [-0.05, 0) is 12.8 Å². The van der Waals surface area contributed by atoms with E-state index in [0.29, 0.717) is 6.61 Å². The number of ether oxygens (including phenoxy) is 4. The molecule has 0 radical (unpaired) electrons. The molecule has 6 heteroatoms. The minimum Gasteiger partial charge on any atom is -0.382 e. The minimum atomic E-state index is -0.453. The average molecular weight is 684 g/mol. The minimum absolute atomic E-state index is 0.0808. The largest absolute Gasteiger partial charge is 0.382 e. The maximum Gasteiger partial charge on any atom is 0.249 e. The number of amides is 1. The third-order valence-corrected chi connectivity index (χ3v) is 10.3. The summed E-state index contributed by atoms with van der Waals surface area (Å²) >= 11 is 0. The van der Waals surface area contributed by atoms with Gasteiger partial charge in [0.05, 0.1) is 18.8 Å². The topological polar surface area (TPSA) is 66.0 Å². The Balaban J connectivity index is 4.24. The number of hydrogen-bond donors (Lipinski definition) is 1. The molecule has 0 spiro atoms. The van der Waals surface area contributed by atoms with Crippen molar-refractivity contribution in [1.82, 2.24) is 5.32 Å².